The molecule has 1 aliphatic heterocycles. The SMILES string of the molecule is Cc1ccccc1CS(=O)(=O)CC1Nc2cc(C(=O)O)ccc2NC1=O. The summed E-state index contributed by atoms with van der Waals surface area (Å²) in [6, 6.07) is 10.4. The molecule has 0 bridgehead atoms. The van der Waals surface area contributed by atoms with Crippen molar-refractivity contribution >= 4 is 33.1 Å². The predicted octanol–water partition coefficient (Wildman–Crippen LogP) is 2.04. The Morgan fingerprint density at radius 2 is 1.88 bits per heavy atom. The maximum absolute atomic E-state index is 12.5. The Morgan fingerprint density at radius 3 is 2.58 bits per heavy atom. The molecule has 1 unspecified atom stereocenters. The van der Waals surface area contributed by atoms with Crippen molar-refractivity contribution in [2.45, 2.75) is 18.7 Å². The van der Waals surface area contributed by atoms with Crippen LogP contribution in [0.3, 0.4) is 0 Å². The van der Waals surface area contributed by atoms with Crippen molar-refractivity contribution in [3.63, 3.8) is 0 Å². The van der Waals surface area contributed by atoms with Crippen LogP contribution >= 0.6 is 0 Å². The number of rotatable bonds is 5. The smallest absolute Gasteiger partial charge is 0.335 e. The van der Waals surface area contributed by atoms with Gasteiger partial charge in [0, 0.05) is 0 Å². The average molecular weight is 374 g/mol. The summed E-state index contributed by atoms with van der Waals surface area (Å²) in [6.07, 6.45) is 0. The summed E-state index contributed by atoms with van der Waals surface area (Å²) < 4.78 is 25.1. The van der Waals surface area contributed by atoms with Gasteiger partial charge in [0.05, 0.1) is 28.4 Å². The first-order valence-corrected chi connectivity index (χ1v) is 9.77. The topological polar surface area (TPSA) is 113 Å². The highest BCUT2D eigenvalue weighted by Gasteiger charge is 2.30. The second kappa shape index (κ2) is 6.80. The zero-order valence-corrected chi connectivity index (χ0v) is 14.8. The number of carbonyl (C=O) groups is 2. The van der Waals surface area contributed by atoms with Crippen molar-refractivity contribution in [3.8, 4) is 0 Å². The molecule has 0 saturated carbocycles. The van der Waals surface area contributed by atoms with E-state index < -0.39 is 27.8 Å². The standard InChI is InChI=1S/C18H18N2O5S/c1-11-4-2-3-5-13(11)9-26(24,25)10-16-17(21)20-14-7-6-12(18(22)23)8-15(14)19-16/h2-8,16,19H,9-10H2,1H3,(H,20,21)(H,22,23). The minimum Gasteiger partial charge on any atom is -0.478 e. The number of benzene rings is 2. The average Bonchev–Trinajstić information content (AvgIpc) is 2.56. The molecule has 26 heavy (non-hydrogen) atoms. The molecule has 7 nitrogen and oxygen atoms in total. The van der Waals surface area contributed by atoms with Crippen LogP contribution in [0.25, 0.3) is 0 Å². The molecule has 0 aliphatic carbocycles. The number of carboxylic acids is 1. The van der Waals surface area contributed by atoms with Crippen LogP contribution in [0, 0.1) is 6.92 Å². The number of aryl methyl sites for hydroxylation is 1. The van der Waals surface area contributed by atoms with E-state index in [1.165, 1.54) is 18.2 Å². The normalized spacial score (nSPS) is 16.3. The number of nitrogens with one attached hydrogen (secondary N) is 2. The van der Waals surface area contributed by atoms with Gasteiger partial charge in [-0.2, -0.15) is 0 Å². The summed E-state index contributed by atoms with van der Waals surface area (Å²) in [5.41, 5.74) is 2.42. The second-order valence-corrected chi connectivity index (χ2v) is 8.34. The van der Waals surface area contributed by atoms with Gasteiger partial charge in [-0.25, -0.2) is 13.2 Å². The minimum absolute atomic E-state index is 0.0499. The van der Waals surface area contributed by atoms with Gasteiger partial charge >= 0.3 is 5.97 Å². The second-order valence-electron chi connectivity index (χ2n) is 6.23. The van der Waals surface area contributed by atoms with Gasteiger partial charge in [-0.15, -0.1) is 0 Å². The lowest BCUT2D eigenvalue weighted by molar-refractivity contribution is -0.116. The van der Waals surface area contributed by atoms with Crippen molar-refractivity contribution in [1.82, 2.24) is 0 Å². The first-order valence-electron chi connectivity index (χ1n) is 7.95. The summed E-state index contributed by atoms with van der Waals surface area (Å²) >= 11 is 0. The van der Waals surface area contributed by atoms with Gasteiger partial charge in [-0.05, 0) is 36.2 Å². The largest absolute Gasteiger partial charge is 0.478 e. The molecule has 0 spiro atoms. The highest BCUT2D eigenvalue weighted by Crippen LogP contribution is 2.28. The van der Waals surface area contributed by atoms with Gasteiger partial charge < -0.3 is 15.7 Å². The highest BCUT2D eigenvalue weighted by molar-refractivity contribution is 7.90. The maximum Gasteiger partial charge on any atom is 0.335 e. The molecule has 2 aromatic rings. The molecular formula is C18H18N2O5S. The van der Waals surface area contributed by atoms with Crippen molar-refractivity contribution < 1.29 is 23.1 Å². The van der Waals surface area contributed by atoms with Crippen molar-refractivity contribution in [3.05, 3.63) is 59.2 Å². The van der Waals surface area contributed by atoms with Crippen LogP contribution < -0.4 is 10.6 Å². The lowest BCUT2D eigenvalue weighted by Gasteiger charge is -2.27. The Hall–Kier alpha value is -2.87. The summed E-state index contributed by atoms with van der Waals surface area (Å²) in [4.78, 5) is 23.3. The molecule has 8 heteroatoms. The summed E-state index contributed by atoms with van der Waals surface area (Å²) in [5.74, 6) is -2.11. The number of aromatic carboxylic acids is 1. The number of hydrogen-bond acceptors (Lipinski definition) is 5. The zero-order valence-electron chi connectivity index (χ0n) is 14.0. The van der Waals surface area contributed by atoms with Gasteiger partial charge in [-0.3, -0.25) is 4.79 Å². The number of fused-ring (bicyclic) bond motifs is 1. The van der Waals surface area contributed by atoms with Crippen molar-refractivity contribution in [2.24, 2.45) is 0 Å². The Labute approximate surface area is 151 Å². The van der Waals surface area contributed by atoms with Gasteiger partial charge in [0.2, 0.25) is 5.91 Å². The molecule has 3 rings (SSSR count). The quantitative estimate of drug-likeness (QED) is 0.738. The maximum atomic E-state index is 12.5. The fourth-order valence-corrected chi connectivity index (χ4v) is 4.48. The van der Waals surface area contributed by atoms with Crippen LogP contribution in [0.2, 0.25) is 0 Å². The Morgan fingerprint density at radius 1 is 1.15 bits per heavy atom. The third kappa shape index (κ3) is 3.85. The van der Waals surface area contributed by atoms with Gasteiger partial charge in [0.1, 0.15) is 6.04 Å². The van der Waals surface area contributed by atoms with E-state index in [2.05, 4.69) is 10.6 Å². The summed E-state index contributed by atoms with van der Waals surface area (Å²) in [6.45, 7) is 1.83. The van der Waals surface area contributed by atoms with Gasteiger partial charge in [0.15, 0.2) is 9.84 Å². The van der Waals surface area contributed by atoms with E-state index in [9.17, 15) is 18.0 Å². The van der Waals surface area contributed by atoms with Gasteiger partial charge in [-0.1, -0.05) is 24.3 Å². The van der Waals surface area contributed by atoms with Crippen LogP contribution in [-0.2, 0) is 20.4 Å². The highest BCUT2D eigenvalue weighted by atomic mass is 32.2. The number of sulfone groups is 1. The molecule has 0 aromatic heterocycles. The number of amides is 1. The van der Waals surface area contributed by atoms with Crippen LogP contribution in [0.5, 0.6) is 0 Å². The molecule has 0 radical (unpaired) electrons. The molecule has 1 amide bonds. The first kappa shape index (κ1) is 17.9. The van der Waals surface area contributed by atoms with Gasteiger partial charge in [0.25, 0.3) is 0 Å². The van der Waals surface area contributed by atoms with Crippen LogP contribution in [0.15, 0.2) is 42.5 Å². The fraction of sp³-hybridized carbons (Fsp3) is 0.222. The Kier molecular flexibility index (Phi) is 4.69. The van der Waals surface area contributed by atoms with Crippen LogP contribution in [-0.4, -0.2) is 37.2 Å². The molecule has 3 N–H and O–H groups in total. The van der Waals surface area contributed by atoms with E-state index in [4.69, 9.17) is 5.11 Å². The van der Waals surface area contributed by atoms with Crippen LogP contribution in [0.1, 0.15) is 21.5 Å². The molecular weight excluding hydrogens is 356 g/mol. The third-order valence-corrected chi connectivity index (χ3v) is 5.82. The molecule has 1 aliphatic rings. The fourth-order valence-electron chi connectivity index (χ4n) is 2.82. The summed E-state index contributed by atoms with van der Waals surface area (Å²) in [5, 5.41) is 14.5. The molecule has 1 atom stereocenters. The number of anilines is 2. The van der Waals surface area contributed by atoms with E-state index in [0.717, 1.165) is 5.56 Å². The number of hydrogen-bond donors (Lipinski definition) is 3. The van der Waals surface area contributed by atoms with Crippen molar-refractivity contribution in [1.29, 1.82) is 0 Å². The van der Waals surface area contributed by atoms with Crippen LogP contribution in [0.4, 0.5) is 11.4 Å². The molecule has 2 aromatic carbocycles. The van der Waals surface area contributed by atoms with E-state index in [1.54, 1.807) is 12.1 Å². The summed E-state index contributed by atoms with van der Waals surface area (Å²) in [7, 11) is -3.56. The predicted molar refractivity (Wildman–Crippen MR) is 98.1 cm³/mol. The Balaban J connectivity index is 1.79. The van der Waals surface area contributed by atoms with E-state index in [0.29, 0.717) is 16.9 Å². The zero-order chi connectivity index (χ0) is 18.9. The monoisotopic (exact) mass is 374 g/mol. The number of carboxylic acid groups (broad SMARTS) is 1. The third-order valence-electron chi connectivity index (χ3n) is 4.23. The molecule has 136 valence electrons. The number of carbonyl (C=O) groups excluding carboxylic acids is 1. The lowest BCUT2D eigenvalue weighted by Crippen LogP contribution is -2.43. The first-order chi connectivity index (χ1) is 12.2. The molecule has 0 saturated heterocycles. The van der Waals surface area contributed by atoms with E-state index in [-0.39, 0.29) is 17.1 Å². The Bertz CT molecular complexity index is 985. The minimum atomic E-state index is -3.56. The van der Waals surface area contributed by atoms with E-state index >= 15 is 0 Å². The van der Waals surface area contributed by atoms with E-state index in [1.807, 2.05) is 19.1 Å². The molecule has 0 fully saturated rings. The lowest BCUT2D eigenvalue weighted by atomic mass is 10.1. The molecule has 1 heterocycles. The van der Waals surface area contributed by atoms with Crippen molar-refractivity contribution in [2.75, 3.05) is 16.4 Å².